The summed E-state index contributed by atoms with van der Waals surface area (Å²) in [5.41, 5.74) is 1.02. The van der Waals surface area contributed by atoms with Crippen molar-refractivity contribution in [2.45, 2.75) is 32.2 Å². The minimum atomic E-state index is -3.26. The smallest absolute Gasteiger partial charge is 0.212 e. The summed E-state index contributed by atoms with van der Waals surface area (Å²) in [5, 5.41) is 0. The number of rotatable bonds is 7. The fourth-order valence-corrected chi connectivity index (χ4v) is 3.00. The van der Waals surface area contributed by atoms with Crippen LogP contribution in [0.25, 0.3) is 0 Å². The largest absolute Gasteiger partial charge is 0.212 e. The van der Waals surface area contributed by atoms with Gasteiger partial charge in [0, 0.05) is 12.5 Å². The highest BCUT2D eigenvalue weighted by Gasteiger charge is 2.15. The Morgan fingerprint density at radius 1 is 1.33 bits per heavy atom. The molecule has 4 heteroatoms. The SMILES string of the molecule is C#CCC(CC)NS(=O)(=O)CCc1ccccc1. The Hall–Kier alpha value is -1.31. The summed E-state index contributed by atoms with van der Waals surface area (Å²) in [6.07, 6.45) is 6.86. The Morgan fingerprint density at radius 2 is 2.00 bits per heavy atom. The van der Waals surface area contributed by atoms with Crippen molar-refractivity contribution in [2.75, 3.05) is 5.75 Å². The Kier molecular flexibility index (Phi) is 5.90. The van der Waals surface area contributed by atoms with Gasteiger partial charge in [-0.15, -0.1) is 12.3 Å². The van der Waals surface area contributed by atoms with E-state index in [1.54, 1.807) is 0 Å². The van der Waals surface area contributed by atoms with Crippen LogP contribution in [0.5, 0.6) is 0 Å². The van der Waals surface area contributed by atoms with E-state index in [1.807, 2.05) is 37.3 Å². The van der Waals surface area contributed by atoms with Gasteiger partial charge in [-0.05, 0) is 18.4 Å². The Balaban J connectivity index is 2.52. The second kappa shape index (κ2) is 7.20. The molecular weight excluding hydrogens is 246 g/mol. The lowest BCUT2D eigenvalue weighted by molar-refractivity contribution is 0.543. The van der Waals surface area contributed by atoms with Crippen molar-refractivity contribution in [2.24, 2.45) is 0 Å². The van der Waals surface area contributed by atoms with E-state index in [0.717, 1.165) is 5.56 Å². The maximum absolute atomic E-state index is 11.9. The third-order valence-corrected chi connectivity index (χ3v) is 4.14. The van der Waals surface area contributed by atoms with Gasteiger partial charge in [0.2, 0.25) is 10.0 Å². The van der Waals surface area contributed by atoms with Crippen molar-refractivity contribution in [1.82, 2.24) is 4.72 Å². The van der Waals surface area contributed by atoms with Crippen molar-refractivity contribution in [3.8, 4) is 12.3 Å². The van der Waals surface area contributed by atoms with E-state index in [9.17, 15) is 8.42 Å². The summed E-state index contributed by atoms with van der Waals surface area (Å²) in [6.45, 7) is 1.92. The number of aryl methyl sites for hydroxylation is 1. The molecule has 0 fully saturated rings. The van der Waals surface area contributed by atoms with Crippen LogP contribution in [0.3, 0.4) is 0 Å². The normalized spacial score (nSPS) is 12.9. The van der Waals surface area contributed by atoms with Gasteiger partial charge in [-0.3, -0.25) is 0 Å². The van der Waals surface area contributed by atoms with Gasteiger partial charge in [-0.2, -0.15) is 0 Å². The topological polar surface area (TPSA) is 46.2 Å². The predicted octanol–water partition coefficient (Wildman–Crippen LogP) is 1.95. The van der Waals surface area contributed by atoms with Gasteiger partial charge in [-0.25, -0.2) is 13.1 Å². The molecule has 0 bridgehead atoms. The van der Waals surface area contributed by atoms with Crippen LogP contribution in [-0.4, -0.2) is 20.2 Å². The molecule has 0 aliphatic rings. The third-order valence-electron chi connectivity index (χ3n) is 2.71. The van der Waals surface area contributed by atoms with E-state index in [-0.39, 0.29) is 11.8 Å². The summed E-state index contributed by atoms with van der Waals surface area (Å²) in [5.74, 6) is 2.58. The molecular formula is C14H19NO2S. The van der Waals surface area contributed by atoms with Crippen LogP contribution in [0.15, 0.2) is 30.3 Å². The van der Waals surface area contributed by atoms with E-state index in [2.05, 4.69) is 10.6 Å². The summed E-state index contributed by atoms with van der Waals surface area (Å²) in [7, 11) is -3.26. The second-order valence-corrected chi connectivity index (χ2v) is 6.06. The molecule has 3 nitrogen and oxygen atoms in total. The van der Waals surface area contributed by atoms with Crippen molar-refractivity contribution in [1.29, 1.82) is 0 Å². The molecule has 1 aromatic rings. The number of hydrogen-bond donors (Lipinski definition) is 1. The van der Waals surface area contributed by atoms with Gasteiger partial charge in [0.05, 0.1) is 5.75 Å². The van der Waals surface area contributed by atoms with E-state index in [4.69, 9.17) is 6.42 Å². The van der Waals surface area contributed by atoms with Crippen LogP contribution in [0.1, 0.15) is 25.3 Å². The highest BCUT2D eigenvalue weighted by molar-refractivity contribution is 7.89. The first kappa shape index (κ1) is 14.7. The fraction of sp³-hybridized carbons (Fsp3) is 0.429. The van der Waals surface area contributed by atoms with Gasteiger partial charge < -0.3 is 0 Å². The molecule has 0 spiro atoms. The number of nitrogens with one attached hydrogen (secondary N) is 1. The Bertz CT molecular complexity index is 488. The zero-order valence-electron chi connectivity index (χ0n) is 10.6. The summed E-state index contributed by atoms with van der Waals surface area (Å²) in [4.78, 5) is 0. The van der Waals surface area contributed by atoms with Gasteiger partial charge >= 0.3 is 0 Å². The Labute approximate surface area is 110 Å². The van der Waals surface area contributed by atoms with Crippen LogP contribution in [-0.2, 0) is 16.4 Å². The molecule has 0 aromatic heterocycles. The molecule has 0 radical (unpaired) electrons. The van der Waals surface area contributed by atoms with Gasteiger partial charge in [0.25, 0.3) is 0 Å². The molecule has 1 aromatic carbocycles. The lowest BCUT2D eigenvalue weighted by Crippen LogP contribution is -2.36. The lowest BCUT2D eigenvalue weighted by atomic mass is 10.2. The second-order valence-electron chi connectivity index (χ2n) is 4.19. The van der Waals surface area contributed by atoms with Crippen molar-refractivity contribution < 1.29 is 8.42 Å². The number of benzene rings is 1. The molecule has 0 amide bonds. The molecule has 1 rings (SSSR count). The van der Waals surface area contributed by atoms with E-state index in [1.165, 1.54) is 0 Å². The molecule has 0 aliphatic carbocycles. The fourth-order valence-electron chi connectivity index (χ4n) is 1.62. The van der Waals surface area contributed by atoms with E-state index < -0.39 is 10.0 Å². The maximum atomic E-state index is 11.9. The van der Waals surface area contributed by atoms with Gasteiger partial charge in [0.15, 0.2) is 0 Å². The predicted molar refractivity (Wildman–Crippen MR) is 74.6 cm³/mol. The first-order valence-corrected chi connectivity index (χ1v) is 7.70. The van der Waals surface area contributed by atoms with Crippen molar-refractivity contribution in [3.05, 3.63) is 35.9 Å². The third kappa shape index (κ3) is 5.35. The van der Waals surface area contributed by atoms with Crippen molar-refractivity contribution >= 4 is 10.0 Å². The van der Waals surface area contributed by atoms with Crippen LogP contribution < -0.4 is 4.72 Å². The highest BCUT2D eigenvalue weighted by atomic mass is 32.2. The lowest BCUT2D eigenvalue weighted by Gasteiger charge is -2.14. The number of hydrogen-bond acceptors (Lipinski definition) is 2. The minimum absolute atomic E-state index is 0.0953. The summed E-state index contributed by atoms with van der Waals surface area (Å²) < 4.78 is 26.4. The average molecular weight is 265 g/mol. The first-order valence-electron chi connectivity index (χ1n) is 6.04. The van der Waals surface area contributed by atoms with Crippen LogP contribution in [0.4, 0.5) is 0 Å². The van der Waals surface area contributed by atoms with Crippen LogP contribution >= 0.6 is 0 Å². The molecule has 98 valence electrons. The standard InChI is InChI=1S/C14H19NO2S/c1-3-8-14(4-2)15-18(16,17)12-11-13-9-6-5-7-10-13/h1,5-7,9-10,14-15H,4,8,11-12H2,2H3. The van der Waals surface area contributed by atoms with Gasteiger partial charge in [0.1, 0.15) is 0 Å². The quantitative estimate of drug-likeness (QED) is 0.766. The molecule has 1 unspecified atom stereocenters. The number of terminal acetylenes is 1. The molecule has 0 aliphatic heterocycles. The van der Waals surface area contributed by atoms with E-state index in [0.29, 0.717) is 19.3 Å². The average Bonchev–Trinajstić information content (AvgIpc) is 2.37. The zero-order chi connectivity index (χ0) is 13.4. The van der Waals surface area contributed by atoms with Crippen LogP contribution in [0.2, 0.25) is 0 Å². The summed E-state index contributed by atoms with van der Waals surface area (Å²) >= 11 is 0. The van der Waals surface area contributed by atoms with E-state index >= 15 is 0 Å². The monoisotopic (exact) mass is 265 g/mol. The highest BCUT2D eigenvalue weighted by Crippen LogP contribution is 2.04. The molecule has 1 N–H and O–H groups in total. The molecule has 0 saturated heterocycles. The zero-order valence-corrected chi connectivity index (χ0v) is 11.4. The Morgan fingerprint density at radius 3 is 2.56 bits per heavy atom. The minimum Gasteiger partial charge on any atom is -0.212 e. The first-order chi connectivity index (χ1) is 8.57. The molecule has 1 atom stereocenters. The molecule has 0 heterocycles. The molecule has 0 saturated carbocycles. The van der Waals surface area contributed by atoms with Crippen LogP contribution in [0, 0.1) is 12.3 Å². The summed E-state index contributed by atoms with van der Waals surface area (Å²) in [6, 6.07) is 9.42. The van der Waals surface area contributed by atoms with Gasteiger partial charge in [-0.1, -0.05) is 37.3 Å². The number of sulfonamides is 1. The maximum Gasteiger partial charge on any atom is 0.212 e. The van der Waals surface area contributed by atoms with Crippen molar-refractivity contribution in [3.63, 3.8) is 0 Å². The molecule has 18 heavy (non-hydrogen) atoms.